The Morgan fingerprint density at radius 2 is 1.88 bits per heavy atom. The number of halogens is 3. The number of aromatic amines is 1. The fourth-order valence-corrected chi connectivity index (χ4v) is 7.35. The highest BCUT2D eigenvalue weighted by Crippen LogP contribution is 2.37. The van der Waals surface area contributed by atoms with Crippen LogP contribution in [0.25, 0.3) is 11.0 Å². The molecule has 7 rings (SSSR count). The van der Waals surface area contributed by atoms with Gasteiger partial charge in [0.2, 0.25) is 5.91 Å². The summed E-state index contributed by atoms with van der Waals surface area (Å²) in [6, 6.07) is 10.2. The topological polar surface area (TPSA) is 86.8 Å². The Morgan fingerprint density at radius 3 is 2.61 bits per heavy atom. The van der Waals surface area contributed by atoms with Crippen LogP contribution < -0.4 is 4.74 Å². The second-order valence-corrected chi connectivity index (χ2v) is 13.4. The van der Waals surface area contributed by atoms with Crippen LogP contribution in [-0.4, -0.2) is 88.0 Å². The van der Waals surface area contributed by atoms with Crippen molar-refractivity contribution in [1.29, 1.82) is 0 Å². The second-order valence-electron chi connectivity index (χ2n) is 13.4. The third-order valence-corrected chi connectivity index (χ3v) is 10.3. The van der Waals surface area contributed by atoms with Crippen molar-refractivity contribution in [2.24, 2.45) is 0 Å². The third-order valence-electron chi connectivity index (χ3n) is 10.3. The molecule has 1 amide bonds. The molecule has 1 aromatic carbocycles. The monoisotopic (exact) mass is 676 g/mol. The first-order valence-corrected chi connectivity index (χ1v) is 17.3. The van der Waals surface area contributed by atoms with Gasteiger partial charge in [0.25, 0.3) is 0 Å². The molecule has 9 nitrogen and oxygen atoms in total. The van der Waals surface area contributed by atoms with Crippen molar-refractivity contribution in [1.82, 2.24) is 29.7 Å². The minimum absolute atomic E-state index is 0.0107. The van der Waals surface area contributed by atoms with Crippen molar-refractivity contribution >= 4 is 16.9 Å². The molecule has 2 unspecified atom stereocenters. The molecule has 0 bridgehead atoms. The Morgan fingerprint density at radius 1 is 1.06 bits per heavy atom. The minimum Gasteiger partial charge on any atom is -0.455 e. The summed E-state index contributed by atoms with van der Waals surface area (Å²) >= 11 is 0. The van der Waals surface area contributed by atoms with Gasteiger partial charge in [0.15, 0.2) is 0 Å². The molecule has 49 heavy (non-hydrogen) atoms. The van der Waals surface area contributed by atoms with Crippen LogP contribution in [0.2, 0.25) is 0 Å². The molecule has 4 aromatic rings. The van der Waals surface area contributed by atoms with E-state index >= 15 is 0 Å². The molecule has 2 atom stereocenters. The van der Waals surface area contributed by atoms with Gasteiger partial charge >= 0.3 is 6.18 Å². The lowest BCUT2D eigenvalue weighted by molar-refractivity contribution is -0.139. The molecular weight excluding hydrogens is 633 g/mol. The molecule has 0 radical (unpaired) electrons. The van der Waals surface area contributed by atoms with Crippen LogP contribution in [0.15, 0.2) is 48.8 Å². The summed E-state index contributed by atoms with van der Waals surface area (Å²) in [5.41, 5.74) is 3.57. The smallest absolute Gasteiger partial charge is 0.416 e. The van der Waals surface area contributed by atoms with Crippen molar-refractivity contribution in [2.45, 2.75) is 64.2 Å². The molecule has 0 aliphatic carbocycles. The van der Waals surface area contributed by atoms with Crippen molar-refractivity contribution in [3.8, 4) is 11.5 Å². The summed E-state index contributed by atoms with van der Waals surface area (Å²) in [6.07, 6.45) is 0.528. The average Bonchev–Trinajstić information content (AvgIpc) is 3.79. The zero-order chi connectivity index (χ0) is 34.1. The second kappa shape index (κ2) is 14.1. The molecule has 3 aliphatic rings. The number of alkyl halides is 3. The largest absolute Gasteiger partial charge is 0.455 e. The van der Waals surface area contributed by atoms with Crippen LogP contribution in [0.4, 0.5) is 13.2 Å². The van der Waals surface area contributed by atoms with Gasteiger partial charge in [-0.25, -0.2) is 4.98 Å². The van der Waals surface area contributed by atoms with Crippen molar-refractivity contribution in [3.05, 3.63) is 82.4 Å². The number of nitrogens with one attached hydrogen (secondary N) is 1. The highest BCUT2D eigenvalue weighted by atomic mass is 19.4. The van der Waals surface area contributed by atoms with Crippen LogP contribution in [0.5, 0.6) is 11.5 Å². The SMILES string of the molecule is CCC1CN(C(=O)Cc2ccc(CN3CCN(CC)CC3)c(C(F)(F)F)c2)Cc2cc(Oc3ccnc4[nH]c(C5CCOC5)cc34)cnc21. The van der Waals surface area contributed by atoms with Crippen LogP contribution in [0.1, 0.15) is 72.2 Å². The lowest BCUT2D eigenvalue weighted by Gasteiger charge is -2.34. The van der Waals surface area contributed by atoms with Gasteiger partial charge in [-0.2, -0.15) is 13.2 Å². The number of likely N-dealkylation sites (N-methyl/N-ethyl adjacent to an activating group) is 1. The Hall–Kier alpha value is -4.00. The molecular formula is C37H43F3N6O3. The number of aromatic nitrogens is 3. The number of hydrogen-bond acceptors (Lipinski definition) is 7. The van der Waals surface area contributed by atoms with E-state index in [4.69, 9.17) is 14.5 Å². The fourth-order valence-electron chi connectivity index (χ4n) is 7.35. The van der Waals surface area contributed by atoms with Gasteiger partial charge in [0, 0.05) is 76.1 Å². The molecule has 0 saturated carbocycles. The maximum atomic E-state index is 14.3. The summed E-state index contributed by atoms with van der Waals surface area (Å²) in [4.78, 5) is 32.4. The molecule has 2 fully saturated rings. The average molecular weight is 677 g/mol. The number of nitrogens with zero attached hydrogens (tertiary/aromatic N) is 5. The standard InChI is InChI=1S/C37H43F3N6O3/c1-3-25-21-46(34(47)16-24-5-6-26(31(15-24)37(38,39)40)20-45-12-10-44(4-2)11-13-45)22-28-17-29(19-42-35(25)28)49-33-7-9-41-36-30(33)18-32(43-36)27-8-14-48-23-27/h5-7,9,15,17-19,25,27H,3-4,8,10-14,16,20-23H2,1-2H3,(H,41,43). The first kappa shape index (κ1) is 33.5. The number of amides is 1. The van der Waals surface area contributed by atoms with Gasteiger partial charge in [-0.05, 0) is 60.3 Å². The van der Waals surface area contributed by atoms with Gasteiger partial charge in [-0.15, -0.1) is 0 Å². The van der Waals surface area contributed by atoms with Crippen LogP contribution in [-0.2, 0) is 35.2 Å². The predicted octanol–water partition coefficient (Wildman–Crippen LogP) is 6.49. The number of ether oxygens (including phenoxy) is 2. The first-order chi connectivity index (χ1) is 23.7. The maximum Gasteiger partial charge on any atom is 0.416 e. The molecule has 3 aromatic heterocycles. The molecule has 3 aliphatic heterocycles. The molecule has 1 N–H and O–H groups in total. The predicted molar refractivity (Wildman–Crippen MR) is 180 cm³/mol. The number of H-pyrrole nitrogens is 1. The van der Waals surface area contributed by atoms with Crippen LogP contribution >= 0.6 is 0 Å². The van der Waals surface area contributed by atoms with E-state index in [-0.39, 0.29) is 30.4 Å². The zero-order valence-corrected chi connectivity index (χ0v) is 28.1. The van der Waals surface area contributed by atoms with E-state index in [1.54, 1.807) is 29.4 Å². The number of carbonyl (C=O) groups is 1. The number of carbonyl (C=O) groups excluding carboxylic acids is 1. The normalized spacial score (nSPS) is 20.6. The zero-order valence-electron chi connectivity index (χ0n) is 28.1. The summed E-state index contributed by atoms with van der Waals surface area (Å²) in [7, 11) is 0. The lowest BCUT2D eigenvalue weighted by atomic mass is 9.92. The quantitative estimate of drug-likeness (QED) is 0.217. The first-order valence-electron chi connectivity index (χ1n) is 17.3. The number of hydrogen-bond donors (Lipinski definition) is 1. The summed E-state index contributed by atoms with van der Waals surface area (Å²) < 4.78 is 54.7. The van der Waals surface area contributed by atoms with E-state index in [0.29, 0.717) is 42.7 Å². The van der Waals surface area contributed by atoms with Gasteiger partial charge < -0.3 is 24.3 Å². The molecule has 260 valence electrons. The Kier molecular flexibility index (Phi) is 9.63. The van der Waals surface area contributed by atoms with Gasteiger partial charge in [0.1, 0.15) is 17.1 Å². The van der Waals surface area contributed by atoms with E-state index in [0.717, 1.165) is 80.2 Å². The van der Waals surface area contributed by atoms with Crippen molar-refractivity contribution < 1.29 is 27.4 Å². The minimum atomic E-state index is -4.51. The molecule has 0 spiro atoms. The summed E-state index contributed by atoms with van der Waals surface area (Å²) in [5, 5.41) is 0.869. The van der Waals surface area contributed by atoms with Crippen LogP contribution in [0.3, 0.4) is 0 Å². The molecule has 2 saturated heterocycles. The van der Waals surface area contributed by atoms with E-state index in [2.05, 4.69) is 39.7 Å². The number of rotatable bonds is 9. The van der Waals surface area contributed by atoms with E-state index in [1.165, 1.54) is 6.07 Å². The lowest BCUT2D eigenvalue weighted by Crippen LogP contribution is -2.45. The van der Waals surface area contributed by atoms with Gasteiger partial charge in [-0.1, -0.05) is 26.0 Å². The number of benzene rings is 1. The van der Waals surface area contributed by atoms with Crippen molar-refractivity contribution in [2.75, 3.05) is 52.5 Å². The maximum absolute atomic E-state index is 14.3. The van der Waals surface area contributed by atoms with E-state index < -0.39 is 11.7 Å². The Labute approximate surface area is 284 Å². The highest BCUT2D eigenvalue weighted by Gasteiger charge is 2.35. The number of fused-ring (bicyclic) bond motifs is 2. The van der Waals surface area contributed by atoms with Crippen molar-refractivity contribution in [3.63, 3.8) is 0 Å². The Balaban J connectivity index is 1.06. The molecule has 12 heteroatoms. The number of piperazine rings is 1. The highest BCUT2D eigenvalue weighted by molar-refractivity contribution is 5.84. The summed E-state index contributed by atoms with van der Waals surface area (Å²) in [6.45, 7) is 10.7. The van der Waals surface area contributed by atoms with Gasteiger partial charge in [0.05, 0.1) is 35.9 Å². The molecule has 6 heterocycles. The summed E-state index contributed by atoms with van der Waals surface area (Å²) in [5.74, 6) is 1.29. The van der Waals surface area contributed by atoms with Crippen LogP contribution in [0, 0.1) is 0 Å². The number of pyridine rings is 2. The Bertz CT molecular complexity index is 1800. The van der Waals surface area contributed by atoms with E-state index in [1.807, 2.05) is 12.1 Å². The van der Waals surface area contributed by atoms with Gasteiger partial charge in [-0.3, -0.25) is 14.7 Å². The third kappa shape index (κ3) is 7.32. The fraction of sp³-hybridized carbons (Fsp3) is 0.486. The van der Waals surface area contributed by atoms with E-state index in [9.17, 15) is 18.0 Å².